The van der Waals surface area contributed by atoms with E-state index in [2.05, 4.69) is 35.8 Å². The van der Waals surface area contributed by atoms with Crippen LogP contribution in [0.1, 0.15) is 38.4 Å². The summed E-state index contributed by atoms with van der Waals surface area (Å²) in [6.45, 7) is 8.11. The number of halogens is 1. The second kappa shape index (κ2) is 4.59. The van der Waals surface area contributed by atoms with E-state index in [-0.39, 0.29) is 6.04 Å². The molecule has 2 N–H and O–H groups in total. The Hall–Kier alpha value is -0.580. The Balaban J connectivity index is 2.46. The summed E-state index contributed by atoms with van der Waals surface area (Å²) in [4.78, 5) is 2.42. The van der Waals surface area contributed by atoms with Crippen molar-refractivity contribution in [3.8, 4) is 0 Å². The highest BCUT2D eigenvalue weighted by molar-refractivity contribution is 9.10. The highest BCUT2D eigenvalue weighted by atomic mass is 79.9. The number of hydrogen-bond donors (Lipinski definition) is 1. The first-order valence-electron chi connectivity index (χ1n) is 5.49. The lowest BCUT2D eigenvalue weighted by Gasteiger charge is -2.09. The summed E-state index contributed by atoms with van der Waals surface area (Å²) in [5.41, 5.74) is 8.63. The fourth-order valence-corrected chi connectivity index (χ4v) is 3.62. The Labute approximate surface area is 114 Å². The first-order chi connectivity index (χ1) is 7.91. The Morgan fingerprint density at radius 3 is 2.29 bits per heavy atom. The molecular formula is C13H16BrNOS. The van der Waals surface area contributed by atoms with Gasteiger partial charge in [0.25, 0.3) is 0 Å². The second-order valence-corrected chi connectivity index (χ2v) is 6.43. The third kappa shape index (κ3) is 2.21. The van der Waals surface area contributed by atoms with Crippen molar-refractivity contribution in [3.05, 3.63) is 42.9 Å². The molecule has 2 aromatic heterocycles. The predicted molar refractivity (Wildman–Crippen MR) is 75.7 cm³/mol. The zero-order valence-electron chi connectivity index (χ0n) is 10.4. The Kier molecular flexibility index (Phi) is 3.48. The predicted octanol–water partition coefficient (Wildman–Crippen LogP) is 4.39. The van der Waals surface area contributed by atoms with Crippen molar-refractivity contribution in [2.24, 2.45) is 5.73 Å². The Morgan fingerprint density at radius 2 is 1.88 bits per heavy atom. The summed E-state index contributed by atoms with van der Waals surface area (Å²) in [6, 6.07) is 2.01. The maximum Gasteiger partial charge on any atom is 0.106 e. The van der Waals surface area contributed by atoms with Gasteiger partial charge in [-0.3, -0.25) is 0 Å². The van der Waals surface area contributed by atoms with Crippen molar-refractivity contribution in [2.45, 2.75) is 33.7 Å². The lowest BCUT2D eigenvalue weighted by Crippen LogP contribution is -2.11. The average Bonchev–Trinajstić information content (AvgIpc) is 2.70. The van der Waals surface area contributed by atoms with E-state index in [9.17, 15) is 0 Å². The number of hydrogen-bond acceptors (Lipinski definition) is 3. The van der Waals surface area contributed by atoms with Crippen LogP contribution in [0, 0.1) is 27.7 Å². The van der Waals surface area contributed by atoms with Crippen LogP contribution in [0.3, 0.4) is 0 Å². The summed E-state index contributed by atoms with van der Waals surface area (Å²) >= 11 is 5.26. The first-order valence-corrected chi connectivity index (χ1v) is 7.10. The van der Waals surface area contributed by atoms with Crippen LogP contribution in [-0.4, -0.2) is 0 Å². The largest absolute Gasteiger partial charge is 0.466 e. The van der Waals surface area contributed by atoms with Crippen LogP contribution in [0.2, 0.25) is 0 Å². The van der Waals surface area contributed by atoms with Gasteiger partial charge in [-0.25, -0.2) is 0 Å². The van der Waals surface area contributed by atoms with Crippen LogP contribution in [0.4, 0.5) is 0 Å². The van der Waals surface area contributed by atoms with Gasteiger partial charge in [0.1, 0.15) is 11.5 Å². The zero-order valence-corrected chi connectivity index (χ0v) is 12.8. The molecule has 0 spiro atoms. The molecule has 0 bridgehead atoms. The van der Waals surface area contributed by atoms with E-state index in [1.165, 1.54) is 9.75 Å². The molecule has 1 atom stereocenters. The Morgan fingerprint density at radius 1 is 1.24 bits per heavy atom. The Bertz CT molecular complexity index is 537. The summed E-state index contributed by atoms with van der Waals surface area (Å²) in [7, 11) is 0. The van der Waals surface area contributed by atoms with E-state index >= 15 is 0 Å². The molecule has 92 valence electrons. The molecule has 2 heterocycles. The molecule has 0 aromatic carbocycles. The maximum absolute atomic E-state index is 6.34. The normalized spacial score (nSPS) is 13.1. The van der Waals surface area contributed by atoms with Gasteiger partial charge in [-0.05, 0) is 55.3 Å². The lowest BCUT2D eigenvalue weighted by atomic mass is 10.0. The fraction of sp³-hybridized carbons (Fsp3) is 0.385. The monoisotopic (exact) mass is 313 g/mol. The fourth-order valence-electron chi connectivity index (χ4n) is 2.04. The number of aryl methyl sites for hydroxylation is 3. The summed E-state index contributed by atoms with van der Waals surface area (Å²) in [5.74, 6) is 1.88. The van der Waals surface area contributed by atoms with Gasteiger partial charge < -0.3 is 10.2 Å². The number of rotatable bonds is 2. The van der Waals surface area contributed by atoms with Gasteiger partial charge in [0, 0.05) is 19.8 Å². The molecule has 0 aliphatic carbocycles. The molecule has 0 aliphatic rings. The molecule has 17 heavy (non-hydrogen) atoms. The second-order valence-electron chi connectivity index (χ2n) is 4.28. The van der Waals surface area contributed by atoms with Crippen molar-refractivity contribution in [3.63, 3.8) is 0 Å². The highest BCUT2D eigenvalue weighted by Crippen LogP contribution is 2.36. The molecular weight excluding hydrogens is 298 g/mol. The molecule has 0 saturated heterocycles. The summed E-state index contributed by atoms with van der Waals surface area (Å²) in [5, 5.41) is 0. The van der Waals surface area contributed by atoms with E-state index in [1.54, 1.807) is 11.3 Å². The van der Waals surface area contributed by atoms with Crippen LogP contribution in [-0.2, 0) is 0 Å². The minimum absolute atomic E-state index is 0.0950. The van der Waals surface area contributed by atoms with Crippen LogP contribution in [0.25, 0.3) is 0 Å². The minimum Gasteiger partial charge on any atom is -0.466 e. The minimum atomic E-state index is -0.0950. The van der Waals surface area contributed by atoms with Crippen molar-refractivity contribution >= 4 is 27.3 Å². The molecule has 0 saturated carbocycles. The molecule has 0 aliphatic heterocycles. The van der Waals surface area contributed by atoms with Crippen molar-refractivity contribution < 1.29 is 4.42 Å². The third-order valence-electron chi connectivity index (χ3n) is 3.11. The summed E-state index contributed by atoms with van der Waals surface area (Å²) in [6.07, 6.45) is 0. The average molecular weight is 314 g/mol. The number of furan rings is 1. The van der Waals surface area contributed by atoms with Crippen LogP contribution in [0.5, 0.6) is 0 Å². The van der Waals surface area contributed by atoms with Crippen LogP contribution >= 0.6 is 27.3 Å². The topological polar surface area (TPSA) is 39.2 Å². The standard InChI is InChI=1S/C13H16BrNOS/c1-6-7(2)16-8(3)12(6)13(15)11-5-10(14)9(4)17-11/h5,13H,15H2,1-4H3. The first kappa shape index (κ1) is 12.9. The van der Waals surface area contributed by atoms with E-state index in [1.807, 2.05) is 13.8 Å². The van der Waals surface area contributed by atoms with E-state index in [0.717, 1.165) is 27.1 Å². The quantitative estimate of drug-likeness (QED) is 0.893. The van der Waals surface area contributed by atoms with E-state index in [4.69, 9.17) is 10.2 Å². The van der Waals surface area contributed by atoms with Crippen LogP contribution < -0.4 is 5.73 Å². The van der Waals surface area contributed by atoms with E-state index < -0.39 is 0 Å². The zero-order chi connectivity index (χ0) is 12.7. The maximum atomic E-state index is 6.34. The van der Waals surface area contributed by atoms with Gasteiger partial charge >= 0.3 is 0 Å². The number of nitrogens with two attached hydrogens (primary N) is 1. The summed E-state index contributed by atoms with van der Waals surface area (Å²) < 4.78 is 6.77. The van der Waals surface area contributed by atoms with Crippen molar-refractivity contribution in [2.75, 3.05) is 0 Å². The van der Waals surface area contributed by atoms with E-state index in [0.29, 0.717) is 0 Å². The molecule has 4 heteroatoms. The van der Waals surface area contributed by atoms with Gasteiger partial charge in [0.15, 0.2) is 0 Å². The molecule has 2 nitrogen and oxygen atoms in total. The number of thiophene rings is 1. The van der Waals surface area contributed by atoms with Crippen molar-refractivity contribution in [1.82, 2.24) is 0 Å². The van der Waals surface area contributed by atoms with Gasteiger partial charge in [-0.1, -0.05) is 0 Å². The molecule has 0 radical (unpaired) electrons. The van der Waals surface area contributed by atoms with Crippen molar-refractivity contribution in [1.29, 1.82) is 0 Å². The van der Waals surface area contributed by atoms with Gasteiger partial charge in [-0.2, -0.15) is 0 Å². The smallest absolute Gasteiger partial charge is 0.106 e. The highest BCUT2D eigenvalue weighted by Gasteiger charge is 2.21. The van der Waals surface area contributed by atoms with Gasteiger partial charge in [0.05, 0.1) is 6.04 Å². The molecule has 1 unspecified atom stereocenters. The van der Waals surface area contributed by atoms with Crippen LogP contribution in [0.15, 0.2) is 15.0 Å². The lowest BCUT2D eigenvalue weighted by molar-refractivity contribution is 0.498. The van der Waals surface area contributed by atoms with Gasteiger partial charge in [0.2, 0.25) is 0 Å². The third-order valence-corrected chi connectivity index (χ3v) is 5.33. The molecule has 0 amide bonds. The van der Waals surface area contributed by atoms with Gasteiger partial charge in [-0.15, -0.1) is 11.3 Å². The SMILES string of the molecule is Cc1oc(C)c(C(N)c2cc(Br)c(C)s2)c1C. The molecule has 0 fully saturated rings. The molecule has 2 rings (SSSR count). The molecule has 2 aromatic rings.